The number of nitrogens with zero attached hydrogens (tertiary/aromatic N) is 1. The summed E-state index contributed by atoms with van der Waals surface area (Å²) in [5.74, 6) is 3.01. The van der Waals surface area contributed by atoms with E-state index in [1.165, 1.54) is 18.4 Å². The van der Waals surface area contributed by atoms with Gasteiger partial charge in [0.2, 0.25) is 0 Å². The van der Waals surface area contributed by atoms with Crippen LogP contribution in [0.15, 0.2) is 37.4 Å². The first-order valence-corrected chi connectivity index (χ1v) is 8.58. The van der Waals surface area contributed by atoms with Gasteiger partial charge < -0.3 is 9.05 Å². The molecule has 2 aromatic rings. The monoisotopic (exact) mass is 345 g/mol. The number of aromatic nitrogens is 1. The number of rotatable bonds is 8. The lowest BCUT2D eigenvalue weighted by Crippen LogP contribution is -1.96. The van der Waals surface area contributed by atoms with Crippen LogP contribution >= 0.6 is 19.9 Å². The standard InChI is InChI=1S/C17H16NO3PS/c1-5-12-20-22(19-4)21-15-11-9-8-10-13(15)17-18-14(6-2)16(7-3)23-17/h1,6-11H,2-3,12H2,4H3. The van der Waals surface area contributed by atoms with Crippen molar-refractivity contribution in [1.29, 1.82) is 0 Å². The molecule has 0 amide bonds. The van der Waals surface area contributed by atoms with Crippen LogP contribution in [0.4, 0.5) is 0 Å². The molecule has 4 nitrogen and oxygen atoms in total. The molecule has 0 aliphatic rings. The molecular formula is C17H16NO3PS. The van der Waals surface area contributed by atoms with Crippen LogP contribution in [-0.2, 0) is 9.05 Å². The van der Waals surface area contributed by atoms with Crippen molar-refractivity contribution in [3.63, 3.8) is 0 Å². The molecule has 0 spiro atoms. The molecule has 2 rings (SSSR count). The van der Waals surface area contributed by atoms with Gasteiger partial charge in [-0.1, -0.05) is 31.2 Å². The van der Waals surface area contributed by atoms with E-state index in [1.54, 1.807) is 12.2 Å². The van der Waals surface area contributed by atoms with Crippen LogP contribution in [-0.4, -0.2) is 18.7 Å². The zero-order valence-electron chi connectivity index (χ0n) is 12.7. The van der Waals surface area contributed by atoms with Gasteiger partial charge >= 0.3 is 8.60 Å². The van der Waals surface area contributed by atoms with Crippen molar-refractivity contribution in [2.75, 3.05) is 13.7 Å². The van der Waals surface area contributed by atoms with Crippen LogP contribution in [0.25, 0.3) is 22.7 Å². The number of hydrogen-bond acceptors (Lipinski definition) is 5. The minimum Gasteiger partial charge on any atom is -0.426 e. The summed E-state index contributed by atoms with van der Waals surface area (Å²) in [7, 11) is -0.0475. The number of benzene rings is 1. The second kappa shape index (κ2) is 8.61. The molecule has 0 fully saturated rings. The number of hydrogen-bond donors (Lipinski definition) is 0. The van der Waals surface area contributed by atoms with Crippen LogP contribution < -0.4 is 4.52 Å². The van der Waals surface area contributed by atoms with Crippen molar-refractivity contribution < 1.29 is 13.6 Å². The fourth-order valence-corrected chi connectivity index (χ4v) is 3.44. The summed E-state index contributed by atoms with van der Waals surface area (Å²) in [6.45, 7) is 7.70. The van der Waals surface area contributed by atoms with Crippen LogP contribution in [0, 0.1) is 12.3 Å². The van der Waals surface area contributed by atoms with E-state index >= 15 is 0 Å². The topological polar surface area (TPSA) is 40.6 Å². The summed E-state index contributed by atoms with van der Waals surface area (Å²) < 4.78 is 16.3. The fourth-order valence-electron chi connectivity index (χ4n) is 1.76. The Labute approximate surface area is 141 Å². The van der Waals surface area contributed by atoms with Gasteiger partial charge in [-0.05, 0) is 24.3 Å². The first-order chi connectivity index (χ1) is 11.2. The van der Waals surface area contributed by atoms with Crippen LogP contribution in [0.5, 0.6) is 5.75 Å². The predicted octanol–water partition coefficient (Wildman–Crippen LogP) is 5.00. The van der Waals surface area contributed by atoms with Crippen LogP contribution in [0.1, 0.15) is 10.6 Å². The lowest BCUT2D eigenvalue weighted by atomic mass is 10.2. The largest absolute Gasteiger partial charge is 0.426 e. The Morgan fingerprint density at radius 3 is 2.74 bits per heavy atom. The molecule has 1 unspecified atom stereocenters. The van der Waals surface area contributed by atoms with Gasteiger partial charge in [0.05, 0.1) is 16.1 Å². The molecule has 23 heavy (non-hydrogen) atoms. The first kappa shape index (κ1) is 17.4. The fraction of sp³-hybridized carbons (Fsp3) is 0.118. The Bertz CT molecular complexity index is 710. The normalized spacial score (nSPS) is 11.5. The summed E-state index contributed by atoms with van der Waals surface area (Å²) >= 11 is 1.52. The second-order valence-corrected chi connectivity index (χ2v) is 6.43. The zero-order chi connectivity index (χ0) is 16.7. The Kier molecular flexibility index (Phi) is 6.52. The molecule has 0 saturated carbocycles. The minimum atomic E-state index is -1.56. The lowest BCUT2D eigenvalue weighted by molar-refractivity contribution is 0.259. The Morgan fingerprint density at radius 2 is 2.13 bits per heavy atom. The van der Waals surface area contributed by atoms with Crippen LogP contribution in [0.3, 0.4) is 0 Å². The second-order valence-electron chi connectivity index (χ2n) is 4.15. The first-order valence-electron chi connectivity index (χ1n) is 6.67. The average molecular weight is 345 g/mol. The summed E-state index contributed by atoms with van der Waals surface area (Å²) in [5, 5.41) is 0.813. The quantitative estimate of drug-likeness (QED) is 0.499. The van der Waals surface area contributed by atoms with E-state index in [0.29, 0.717) is 5.75 Å². The highest BCUT2D eigenvalue weighted by molar-refractivity contribution is 7.42. The third-order valence-corrected chi connectivity index (χ3v) is 4.84. The third-order valence-electron chi connectivity index (χ3n) is 2.75. The Hall–Kier alpha value is -1.96. The van der Waals surface area contributed by atoms with Gasteiger partial charge in [-0.15, -0.1) is 17.8 Å². The van der Waals surface area contributed by atoms with Crippen molar-refractivity contribution in [1.82, 2.24) is 4.98 Å². The average Bonchev–Trinajstić information content (AvgIpc) is 3.02. The van der Waals surface area contributed by atoms with E-state index in [0.717, 1.165) is 21.1 Å². The maximum atomic E-state index is 5.81. The maximum Gasteiger partial charge on any atom is 0.397 e. The van der Waals surface area contributed by atoms with E-state index < -0.39 is 8.60 Å². The molecule has 1 aromatic carbocycles. The van der Waals surface area contributed by atoms with Crippen molar-refractivity contribution >= 4 is 32.1 Å². The van der Waals surface area contributed by atoms with E-state index in [4.69, 9.17) is 20.0 Å². The van der Waals surface area contributed by atoms with Gasteiger partial charge in [0, 0.05) is 7.11 Å². The summed E-state index contributed by atoms with van der Waals surface area (Å²) in [5.41, 5.74) is 1.65. The number of terminal acetylenes is 1. The molecule has 6 heteroatoms. The number of para-hydroxylation sites is 1. The highest BCUT2D eigenvalue weighted by atomic mass is 32.1. The molecule has 0 aliphatic heterocycles. The summed E-state index contributed by atoms with van der Waals surface area (Å²) in [6, 6.07) is 7.56. The molecule has 0 bridgehead atoms. The van der Waals surface area contributed by atoms with E-state index in [-0.39, 0.29) is 6.61 Å². The smallest absolute Gasteiger partial charge is 0.397 e. The predicted molar refractivity (Wildman–Crippen MR) is 97.1 cm³/mol. The maximum absolute atomic E-state index is 5.81. The molecule has 0 radical (unpaired) electrons. The third kappa shape index (κ3) is 4.28. The zero-order valence-corrected chi connectivity index (χ0v) is 14.4. The van der Waals surface area contributed by atoms with E-state index in [1.807, 2.05) is 24.3 Å². The van der Waals surface area contributed by atoms with Gasteiger partial charge in [-0.3, -0.25) is 4.52 Å². The summed E-state index contributed by atoms with van der Waals surface area (Å²) in [4.78, 5) is 5.53. The molecule has 1 heterocycles. The van der Waals surface area contributed by atoms with Gasteiger partial charge in [0.1, 0.15) is 17.4 Å². The Morgan fingerprint density at radius 1 is 1.35 bits per heavy atom. The SMILES string of the molecule is C#CCOP(OC)Oc1ccccc1-c1nc(C=C)c(C=C)s1. The highest BCUT2D eigenvalue weighted by Crippen LogP contribution is 2.44. The van der Waals surface area contributed by atoms with Gasteiger partial charge in [0.15, 0.2) is 0 Å². The Balaban J connectivity index is 2.33. The van der Waals surface area contributed by atoms with E-state index in [2.05, 4.69) is 24.1 Å². The molecule has 0 N–H and O–H groups in total. The van der Waals surface area contributed by atoms with Crippen molar-refractivity contribution in [3.8, 4) is 28.7 Å². The molecular weight excluding hydrogens is 329 g/mol. The van der Waals surface area contributed by atoms with Crippen molar-refractivity contribution in [2.45, 2.75) is 0 Å². The molecule has 1 atom stereocenters. The van der Waals surface area contributed by atoms with E-state index in [9.17, 15) is 0 Å². The summed E-state index contributed by atoms with van der Waals surface area (Å²) in [6.07, 6.45) is 8.66. The number of thiazole rings is 1. The lowest BCUT2D eigenvalue weighted by Gasteiger charge is -2.15. The van der Waals surface area contributed by atoms with Crippen LogP contribution in [0.2, 0.25) is 0 Å². The molecule has 0 aliphatic carbocycles. The van der Waals surface area contributed by atoms with Gasteiger partial charge in [0.25, 0.3) is 0 Å². The van der Waals surface area contributed by atoms with Crippen molar-refractivity contribution in [3.05, 3.63) is 48.0 Å². The molecule has 118 valence electrons. The van der Waals surface area contributed by atoms with Crippen molar-refractivity contribution in [2.24, 2.45) is 0 Å². The minimum absolute atomic E-state index is 0.125. The molecule has 1 aromatic heterocycles. The molecule has 0 saturated heterocycles. The van der Waals surface area contributed by atoms with Gasteiger partial charge in [-0.2, -0.15) is 0 Å². The highest BCUT2D eigenvalue weighted by Gasteiger charge is 2.18. The van der Waals surface area contributed by atoms with Gasteiger partial charge in [-0.25, -0.2) is 4.98 Å².